The van der Waals surface area contributed by atoms with Gasteiger partial charge in [-0.05, 0) is 18.6 Å². The van der Waals surface area contributed by atoms with Gasteiger partial charge >= 0.3 is 5.97 Å². The van der Waals surface area contributed by atoms with E-state index in [2.05, 4.69) is 10.2 Å². The van der Waals surface area contributed by atoms with E-state index in [9.17, 15) is 9.18 Å². The SMILES string of the molecule is Cc1cccc(-c2nnc(SCC(=O)O)o2)c1F. The minimum absolute atomic E-state index is 0.0455. The summed E-state index contributed by atoms with van der Waals surface area (Å²) in [5, 5.41) is 16.0. The fourth-order valence-corrected chi connectivity index (χ4v) is 1.80. The van der Waals surface area contributed by atoms with Crippen molar-refractivity contribution in [1.82, 2.24) is 10.2 Å². The molecule has 1 aromatic carbocycles. The van der Waals surface area contributed by atoms with Crippen LogP contribution in [0.4, 0.5) is 4.39 Å². The van der Waals surface area contributed by atoms with E-state index >= 15 is 0 Å². The number of carbonyl (C=O) groups is 1. The van der Waals surface area contributed by atoms with Crippen molar-refractivity contribution in [3.63, 3.8) is 0 Å². The number of carboxylic acid groups (broad SMARTS) is 1. The summed E-state index contributed by atoms with van der Waals surface area (Å²) < 4.78 is 19.0. The first-order valence-corrected chi connectivity index (χ1v) is 6.00. The van der Waals surface area contributed by atoms with Crippen molar-refractivity contribution in [3.05, 3.63) is 29.6 Å². The van der Waals surface area contributed by atoms with E-state index in [1.807, 2.05) is 0 Å². The van der Waals surface area contributed by atoms with Gasteiger partial charge in [-0.2, -0.15) is 0 Å². The molecule has 0 saturated heterocycles. The van der Waals surface area contributed by atoms with E-state index in [1.165, 1.54) is 6.07 Å². The van der Waals surface area contributed by atoms with Crippen LogP contribution < -0.4 is 0 Å². The Labute approximate surface area is 106 Å². The molecule has 0 amide bonds. The molecular formula is C11H9FN2O3S. The van der Waals surface area contributed by atoms with Gasteiger partial charge in [0.25, 0.3) is 11.1 Å². The molecule has 18 heavy (non-hydrogen) atoms. The lowest BCUT2D eigenvalue weighted by Gasteiger charge is -1.99. The lowest BCUT2D eigenvalue weighted by molar-refractivity contribution is -0.133. The Hall–Kier alpha value is -1.89. The smallest absolute Gasteiger partial charge is 0.314 e. The van der Waals surface area contributed by atoms with Crippen LogP contribution >= 0.6 is 11.8 Å². The molecule has 1 heterocycles. The molecule has 0 atom stereocenters. The van der Waals surface area contributed by atoms with Crippen LogP contribution in [0.15, 0.2) is 27.8 Å². The van der Waals surface area contributed by atoms with Crippen LogP contribution in [0.5, 0.6) is 0 Å². The average Bonchev–Trinajstić information content (AvgIpc) is 2.78. The highest BCUT2D eigenvalue weighted by Gasteiger charge is 2.15. The number of hydrogen-bond donors (Lipinski definition) is 1. The van der Waals surface area contributed by atoms with Gasteiger partial charge in [-0.1, -0.05) is 23.9 Å². The van der Waals surface area contributed by atoms with Crippen molar-refractivity contribution in [1.29, 1.82) is 0 Å². The minimum Gasteiger partial charge on any atom is -0.481 e. The Morgan fingerprint density at radius 2 is 2.28 bits per heavy atom. The summed E-state index contributed by atoms with van der Waals surface area (Å²) in [6.45, 7) is 1.63. The third-order valence-corrected chi connectivity index (χ3v) is 2.95. The standard InChI is InChI=1S/C11H9FN2O3S/c1-6-3-2-4-7(9(6)12)10-13-14-11(17-10)18-5-8(15)16/h2-4H,5H2,1H3,(H,15,16). The summed E-state index contributed by atoms with van der Waals surface area (Å²) in [5.74, 6) is -1.54. The molecule has 0 bridgehead atoms. The quantitative estimate of drug-likeness (QED) is 0.858. The number of rotatable bonds is 4. The van der Waals surface area contributed by atoms with Gasteiger partial charge in [-0.25, -0.2) is 4.39 Å². The molecule has 7 heteroatoms. The minimum atomic E-state index is -0.985. The van der Waals surface area contributed by atoms with Gasteiger partial charge in [0.1, 0.15) is 11.6 Å². The maximum absolute atomic E-state index is 13.8. The largest absolute Gasteiger partial charge is 0.481 e. The van der Waals surface area contributed by atoms with E-state index < -0.39 is 11.8 Å². The highest BCUT2D eigenvalue weighted by atomic mass is 32.2. The topological polar surface area (TPSA) is 76.2 Å². The number of thioether (sulfide) groups is 1. The predicted octanol–water partition coefficient (Wildman–Crippen LogP) is 2.36. The van der Waals surface area contributed by atoms with Crippen molar-refractivity contribution in [2.24, 2.45) is 0 Å². The fraction of sp³-hybridized carbons (Fsp3) is 0.182. The van der Waals surface area contributed by atoms with Crippen LogP contribution in [-0.4, -0.2) is 27.0 Å². The van der Waals surface area contributed by atoms with E-state index in [-0.39, 0.29) is 22.4 Å². The van der Waals surface area contributed by atoms with Gasteiger partial charge in [0.15, 0.2) is 0 Å². The van der Waals surface area contributed by atoms with Gasteiger partial charge in [-0.15, -0.1) is 10.2 Å². The highest BCUT2D eigenvalue weighted by Crippen LogP contribution is 2.26. The van der Waals surface area contributed by atoms with Crippen LogP contribution in [0.25, 0.3) is 11.5 Å². The maximum Gasteiger partial charge on any atom is 0.314 e. The molecule has 2 rings (SSSR count). The first-order chi connectivity index (χ1) is 8.58. The Bertz CT molecular complexity index is 585. The molecule has 0 fully saturated rings. The Balaban J connectivity index is 2.24. The zero-order valence-corrected chi connectivity index (χ0v) is 10.2. The van der Waals surface area contributed by atoms with Gasteiger partial charge in [0.05, 0.1) is 5.56 Å². The summed E-state index contributed by atoms with van der Waals surface area (Å²) in [4.78, 5) is 10.4. The van der Waals surface area contributed by atoms with E-state index in [0.717, 1.165) is 11.8 Å². The normalized spacial score (nSPS) is 10.6. The lowest BCUT2D eigenvalue weighted by atomic mass is 10.1. The molecule has 0 aliphatic carbocycles. The molecular weight excluding hydrogens is 259 g/mol. The number of aliphatic carboxylic acids is 1. The first-order valence-electron chi connectivity index (χ1n) is 5.01. The second-order valence-electron chi connectivity index (χ2n) is 3.49. The number of carboxylic acids is 1. The van der Waals surface area contributed by atoms with E-state index in [1.54, 1.807) is 19.1 Å². The third-order valence-electron chi connectivity index (χ3n) is 2.15. The molecule has 0 saturated carbocycles. The van der Waals surface area contributed by atoms with Gasteiger partial charge < -0.3 is 9.52 Å². The number of aromatic nitrogens is 2. The number of halogens is 1. The molecule has 0 aliphatic rings. The third kappa shape index (κ3) is 2.67. The summed E-state index contributed by atoms with van der Waals surface area (Å²) in [7, 11) is 0. The van der Waals surface area contributed by atoms with Crippen LogP contribution in [0.2, 0.25) is 0 Å². The summed E-state index contributed by atoms with van der Waals surface area (Å²) >= 11 is 0.892. The average molecular weight is 268 g/mol. The molecule has 0 aliphatic heterocycles. The van der Waals surface area contributed by atoms with Crippen molar-refractivity contribution in [2.45, 2.75) is 12.1 Å². The monoisotopic (exact) mass is 268 g/mol. The Morgan fingerprint density at radius 1 is 1.50 bits per heavy atom. The molecule has 94 valence electrons. The number of nitrogens with zero attached hydrogens (tertiary/aromatic N) is 2. The molecule has 0 spiro atoms. The first kappa shape index (κ1) is 12.6. The van der Waals surface area contributed by atoms with Crippen LogP contribution in [0.1, 0.15) is 5.56 Å². The molecule has 1 N–H and O–H groups in total. The van der Waals surface area contributed by atoms with E-state index in [4.69, 9.17) is 9.52 Å². The molecule has 5 nitrogen and oxygen atoms in total. The van der Waals surface area contributed by atoms with Crippen molar-refractivity contribution in [3.8, 4) is 11.5 Å². The van der Waals surface area contributed by atoms with Crippen molar-refractivity contribution < 1.29 is 18.7 Å². The van der Waals surface area contributed by atoms with Crippen LogP contribution in [-0.2, 0) is 4.79 Å². The van der Waals surface area contributed by atoms with Crippen molar-refractivity contribution >= 4 is 17.7 Å². The zero-order chi connectivity index (χ0) is 13.1. The molecule has 0 unspecified atom stereocenters. The second kappa shape index (κ2) is 5.18. The van der Waals surface area contributed by atoms with Gasteiger partial charge in [0, 0.05) is 0 Å². The van der Waals surface area contributed by atoms with Crippen LogP contribution in [0.3, 0.4) is 0 Å². The Kier molecular flexibility index (Phi) is 3.61. The second-order valence-corrected chi connectivity index (χ2v) is 4.42. The van der Waals surface area contributed by atoms with E-state index in [0.29, 0.717) is 5.56 Å². The molecule has 1 aromatic heterocycles. The molecule has 0 radical (unpaired) electrons. The molecule has 2 aromatic rings. The van der Waals surface area contributed by atoms with Crippen LogP contribution in [0, 0.1) is 12.7 Å². The fourth-order valence-electron chi connectivity index (χ4n) is 1.31. The number of benzene rings is 1. The lowest BCUT2D eigenvalue weighted by Crippen LogP contribution is -1.97. The highest BCUT2D eigenvalue weighted by molar-refractivity contribution is 7.99. The maximum atomic E-state index is 13.8. The predicted molar refractivity (Wildman–Crippen MR) is 62.8 cm³/mol. The van der Waals surface area contributed by atoms with Crippen molar-refractivity contribution in [2.75, 3.05) is 5.75 Å². The number of hydrogen-bond acceptors (Lipinski definition) is 5. The van der Waals surface area contributed by atoms with Gasteiger partial charge in [0.2, 0.25) is 0 Å². The zero-order valence-electron chi connectivity index (χ0n) is 9.38. The van der Waals surface area contributed by atoms with Gasteiger partial charge in [-0.3, -0.25) is 4.79 Å². The Morgan fingerprint density at radius 3 is 3.00 bits per heavy atom. The number of aryl methyl sites for hydroxylation is 1. The summed E-state index contributed by atoms with van der Waals surface area (Å²) in [6.07, 6.45) is 0. The summed E-state index contributed by atoms with van der Waals surface area (Å²) in [6, 6.07) is 4.85. The summed E-state index contributed by atoms with van der Waals surface area (Å²) in [5.41, 5.74) is 0.690.